The Morgan fingerprint density at radius 3 is 2.08 bits per heavy atom. The third kappa shape index (κ3) is 7.08. The number of pyridine rings is 1. The minimum atomic E-state index is -0.0824. The van der Waals surface area contributed by atoms with Gasteiger partial charge in [-0.3, -0.25) is 9.97 Å². The summed E-state index contributed by atoms with van der Waals surface area (Å²) in [4.78, 5) is 11.4. The van der Waals surface area contributed by atoms with Crippen LogP contribution < -0.4 is 0 Å². The molecule has 0 unspecified atom stereocenters. The van der Waals surface area contributed by atoms with Gasteiger partial charge in [-0.15, -0.1) is 23.8 Å². The molecule has 0 aliphatic heterocycles. The van der Waals surface area contributed by atoms with Crippen molar-refractivity contribution in [1.29, 1.82) is 0 Å². The topological polar surface area (TPSA) is 43.9 Å². The van der Waals surface area contributed by atoms with E-state index < -0.39 is 0 Å². The summed E-state index contributed by atoms with van der Waals surface area (Å²) in [5.74, 6) is 0.781. The van der Waals surface area contributed by atoms with E-state index in [2.05, 4.69) is 174 Å². The van der Waals surface area contributed by atoms with E-state index in [1.54, 1.807) is 0 Å². The first-order valence-corrected chi connectivity index (χ1v) is 21.0. The van der Waals surface area contributed by atoms with Gasteiger partial charge in [0.1, 0.15) is 11.2 Å². The van der Waals surface area contributed by atoms with Gasteiger partial charge in [0.2, 0.25) is 0 Å². The molecule has 0 saturated heterocycles. The van der Waals surface area contributed by atoms with Crippen LogP contribution in [0.25, 0.3) is 94.3 Å². The van der Waals surface area contributed by atoms with Crippen LogP contribution in [0.15, 0.2) is 155 Å². The summed E-state index contributed by atoms with van der Waals surface area (Å²) in [6.07, 6.45) is 1.91. The van der Waals surface area contributed by atoms with Crippen molar-refractivity contribution in [1.82, 2.24) is 14.5 Å². The SMILES string of the molecule is Cc1ccnc2c(-c3[c-]c(-c4nc5c(-c6c([S-])ccc7c6oc6ccccc67)cccc5n4-c4ccc(C(C)(C)C)cc4)cc(-c4ccccc4)c3)cc(C(C)(C)C)cc12.[Pt+2]. The van der Waals surface area contributed by atoms with Gasteiger partial charge in [-0.25, -0.2) is 0 Å². The Morgan fingerprint density at radius 2 is 1.33 bits per heavy atom. The zero-order valence-electron chi connectivity index (χ0n) is 35.3. The van der Waals surface area contributed by atoms with Gasteiger partial charge in [-0.2, -0.15) is 4.90 Å². The number of hydrogen-bond donors (Lipinski definition) is 0. The Bertz CT molecular complexity index is 3290. The van der Waals surface area contributed by atoms with Crippen molar-refractivity contribution in [3.05, 3.63) is 168 Å². The number of rotatable bonds is 5. The van der Waals surface area contributed by atoms with E-state index in [0.29, 0.717) is 4.90 Å². The first-order valence-electron chi connectivity index (χ1n) is 20.6. The number of aromatic nitrogens is 3. The average Bonchev–Trinajstić information content (AvgIpc) is 3.82. The minimum absolute atomic E-state index is 0. The summed E-state index contributed by atoms with van der Waals surface area (Å²) in [5.41, 5.74) is 15.9. The van der Waals surface area contributed by atoms with Gasteiger partial charge < -0.3 is 21.6 Å². The summed E-state index contributed by atoms with van der Waals surface area (Å²) in [5, 5.41) is 3.25. The van der Waals surface area contributed by atoms with Crippen molar-refractivity contribution < 1.29 is 25.5 Å². The number of furan rings is 1. The van der Waals surface area contributed by atoms with Crippen LogP contribution in [0.5, 0.6) is 0 Å². The molecular weight excluding hydrogens is 946 g/mol. The second kappa shape index (κ2) is 15.2. The molecule has 0 saturated carbocycles. The van der Waals surface area contributed by atoms with Crippen molar-refractivity contribution >= 4 is 56.5 Å². The van der Waals surface area contributed by atoms with Gasteiger partial charge in [-0.1, -0.05) is 155 Å². The van der Waals surface area contributed by atoms with Crippen LogP contribution in [0.3, 0.4) is 0 Å². The monoisotopic (exact) mass is 990 g/mol. The Morgan fingerprint density at radius 1 is 0.607 bits per heavy atom. The summed E-state index contributed by atoms with van der Waals surface area (Å²) in [7, 11) is 0. The number of hydrogen-bond acceptors (Lipinski definition) is 4. The van der Waals surface area contributed by atoms with Crippen molar-refractivity contribution in [3.8, 4) is 50.5 Å². The molecule has 3 heterocycles. The molecule has 302 valence electrons. The maximum absolute atomic E-state index is 6.61. The summed E-state index contributed by atoms with van der Waals surface area (Å²) in [6.45, 7) is 15.7. The predicted octanol–water partition coefficient (Wildman–Crippen LogP) is 14.7. The van der Waals surface area contributed by atoms with E-state index in [4.69, 9.17) is 27.0 Å². The van der Waals surface area contributed by atoms with Crippen molar-refractivity contribution in [2.24, 2.45) is 0 Å². The molecule has 0 amide bonds. The maximum Gasteiger partial charge on any atom is 2.00 e. The molecule has 3 aromatic heterocycles. The molecule has 0 radical (unpaired) electrons. The van der Waals surface area contributed by atoms with Crippen molar-refractivity contribution in [3.63, 3.8) is 0 Å². The van der Waals surface area contributed by atoms with Gasteiger partial charge in [-0.05, 0) is 75.7 Å². The molecule has 0 atom stereocenters. The van der Waals surface area contributed by atoms with E-state index in [-0.39, 0.29) is 31.9 Å². The molecule has 10 aromatic rings. The fraction of sp³-hybridized carbons (Fsp3) is 0.164. The molecule has 7 aromatic carbocycles. The molecule has 0 aliphatic carbocycles. The Labute approximate surface area is 377 Å². The first-order chi connectivity index (χ1) is 28.8. The summed E-state index contributed by atoms with van der Waals surface area (Å²) >= 11 is 6.12. The van der Waals surface area contributed by atoms with Crippen LogP contribution in [0.2, 0.25) is 0 Å². The van der Waals surface area contributed by atoms with Crippen molar-refractivity contribution in [2.75, 3.05) is 0 Å². The Hall–Kier alpha value is -5.87. The van der Waals surface area contributed by atoms with Crippen LogP contribution in [0, 0.1) is 13.0 Å². The quantitative estimate of drug-likeness (QED) is 0.127. The van der Waals surface area contributed by atoms with Crippen LogP contribution in [-0.2, 0) is 44.5 Å². The molecule has 0 bridgehead atoms. The first kappa shape index (κ1) is 40.5. The van der Waals surface area contributed by atoms with E-state index >= 15 is 0 Å². The molecule has 0 fully saturated rings. The zero-order valence-corrected chi connectivity index (χ0v) is 38.4. The van der Waals surface area contributed by atoms with E-state index in [1.165, 1.54) is 16.7 Å². The van der Waals surface area contributed by atoms with E-state index in [9.17, 15) is 0 Å². The number of nitrogens with zero attached hydrogens (tertiary/aromatic N) is 3. The number of imidazole rings is 1. The molecule has 0 spiro atoms. The predicted molar refractivity (Wildman–Crippen MR) is 252 cm³/mol. The molecule has 6 heteroatoms. The third-order valence-electron chi connectivity index (χ3n) is 11.9. The van der Waals surface area contributed by atoms with Gasteiger partial charge in [0.05, 0.1) is 16.9 Å². The normalized spacial score (nSPS) is 12.1. The summed E-state index contributed by atoms with van der Waals surface area (Å²) in [6, 6.07) is 53.3. The van der Waals surface area contributed by atoms with E-state index in [1.807, 2.05) is 30.5 Å². The molecular formula is C55H45N3OPtS. The second-order valence-corrected chi connectivity index (χ2v) is 18.5. The fourth-order valence-electron chi connectivity index (χ4n) is 8.54. The third-order valence-corrected chi connectivity index (χ3v) is 12.2. The molecule has 4 nitrogen and oxygen atoms in total. The minimum Gasteiger partial charge on any atom is -0.779 e. The zero-order chi connectivity index (χ0) is 41.5. The fourth-order valence-corrected chi connectivity index (χ4v) is 8.81. The number of fused-ring (bicyclic) bond motifs is 5. The smallest absolute Gasteiger partial charge is 0.779 e. The van der Waals surface area contributed by atoms with Crippen LogP contribution in [0.4, 0.5) is 0 Å². The molecule has 61 heavy (non-hydrogen) atoms. The van der Waals surface area contributed by atoms with Crippen LogP contribution >= 0.6 is 0 Å². The summed E-state index contributed by atoms with van der Waals surface area (Å²) < 4.78 is 8.89. The largest absolute Gasteiger partial charge is 2.00 e. The standard InChI is InChI=1S/C55H46N3OS.Pt/c1-33-26-27-56-50-44(33)31-39(55(5,6)7)32-45(50)36-28-35(34-14-9-8-10-15-34)29-37(30-36)53-57-51-43(49-48(60)25-24-42-41-16-11-12-19-47(41)59-52(42)49)17-13-18-46(51)58(53)40-22-20-38(21-23-40)54(2,3)4;/h8-29,31-32,60H,1-7H3;/q-1;+2/p-1. The molecule has 10 rings (SSSR count). The van der Waals surface area contributed by atoms with Gasteiger partial charge in [0.15, 0.2) is 0 Å². The Kier molecular flexibility index (Phi) is 10.1. The van der Waals surface area contributed by atoms with Crippen LogP contribution in [0.1, 0.15) is 58.2 Å². The second-order valence-electron chi connectivity index (χ2n) is 18.0. The average molecular weight is 991 g/mol. The van der Waals surface area contributed by atoms with Crippen LogP contribution in [-0.4, -0.2) is 14.5 Å². The van der Waals surface area contributed by atoms with Crippen molar-refractivity contribution in [2.45, 2.75) is 64.2 Å². The number of benzene rings is 7. The molecule has 0 aliphatic rings. The van der Waals surface area contributed by atoms with E-state index in [0.717, 1.165) is 94.3 Å². The maximum atomic E-state index is 6.61. The molecule has 0 N–H and O–H groups in total. The number of aryl methyl sites for hydroxylation is 1. The Balaban J connectivity index is 0.00000476. The van der Waals surface area contributed by atoms with Gasteiger partial charge in [0, 0.05) is 39.3 Å². The van der Waals surface area contributed by atoms with Gasteiger partial charge in [0.25, 0.3) is 0 Å². The van der Waals surface area contributed by atoms with Gasteiger partial charge >= 0.3 is 21.1 Å². The number of para-hydroxylation sites is 2.